The molecule has 1 fully saturated rings. The Morgan fingerprint density at radius 3 is 2.69 bits per heavy atom. The topological polar surface area (TPSA) is 38.5 Å². The second-order valence-electron chi connectivity index (χ2n) is 4.04. The average Bonchev–Trinajstić information content (AvgIpc) is 2.31. The van der Waals surface area contributed by atoms with Crippen molar-refractivity contribution in [1.82, 2.24) is 4.90 Å². The van der Waals surface area contributed by atoms with Crippen molar-refractivity contribution in [2.75, 3.05) is 32.8 Å². The molecule has 1 aromatic carbocycles. The molecule has 0 radical (unpaired) electrons. The smallest absolute Gasteiger partial charge is 0.128 e. The number of nitrogens with zero attached hydrogens (tertiary/aromatic N) is 1. The van der Waals surface area contributed by atoms with Crippen LogP contribution >= 0.6 is 0 Å². The lowest BCUT2D eigenvalue weighted by molar-refractivity contribution is 0.0351. The molecular weight excluding hydrogens is 207 g/mol. The molecule has 1 atom stereocenters. The van der Waals surface area contributed by atoms with Gasteiger partial charge in [0.25, 0.3) is 0 Å². The minimum Gasteiger partial charge on any atom is -0.379 e. The summed E-state index contributed by atoms with van der Waals surface area (Å²) in [5.41, 5.74) is 6.60. The summed E-state index contributed by atoms with van der Waals surface area (Å²) in [7, 11) is 0. The number of hydrogen-bond acceptors (Lipinski definition) is 3. The van der Waals surface area contributed by atoms with Crippen molar-refractivity contribution in [1.29, 1.82) is 0 Å². The molecule has 1 aliphatic rings. The first-order valence-corrected chi connectivity index (χ1v) is 5.57. The first-order chi connectivity index (χ1) is 7.77. The van der Waals surface area contributed by atoms with Crippen LogP contribution in [0.2, 0.25) is 0 Å². The zero-order valence-electron chi connectivity index (χ0n) is 9.23. The summed E-state index contributed by atoms with van der Waals surface area (Å²) >= 11 is 0. The molecule has 2 rings (SSSR count). The van der Waals surface area contributed by atoms with E-state index in [0.29, 0.717) is 12.1 Å². The second kappa shape index (κ2) is 5.39. The molecule has 2 N–H and O–H groups in total. The monoisotopic (exact) mass is 224 g/mol. The Hall–Kier alpha value is -0.970. The molecule has 3 nitrogen and oxygen atoms in total. The highest BCUT2D eigenvalue weighted by atomic mass is 19.1. The van der Waals surface area contributed by atoms with E-state index in [2.05, 4.69) is 4.90 Å². The van der Waals surface area contributed by atoms with E-state index >= 15 is 0 Å². The SMILES string of the molecule is NC(CN1CCOCC1)c1ccccc1F. The Bertz CT molecular complexity index is 340. The minimum absolute atomic E-state index is 0.219. The first-order valence-electron chi connectivity index (χ1n) is 5.57. The van der Waals surface area contributed by atoms with Gasteiger partial charge in [0.1, 0.15) is 5.82 Å². The molecule has 0 aromatic heterocycles. The van der Waals surface area contributed by atoms with Gasteiger partial charge in [-0.2, -0.15) is 0 Å². The summed E-state index contributed by atoms with van der Waals surface area (Å²) in [6, 6.07) is 6.44. The van der Waals surface area contributed by atoms with E-state index in [4.69, 9.17) is 10.5 Å². The van der Waals surface area contributed by atoms with Crippen molar-refractivity contribution < 1.29 is 9.13 Å². The average molecular weight is 224 g/mol. The van der Waals surface area contributed by atoms with Crippen LogP contribution in [0.5, 0.6) is 0 Å². The number of morpholine rings is 1. The quantitative estimate of drug-likeness (QED) is 0.837. The summed E-state index contributed by atoms with van der Waals surface area (Å²) in [5.74, 6) is -0.219. The number of benzene rings is 1. The highest BCUT2D eigenvalue weighted by molar-refractivity contribution is 5.21. The Balaban J connectivity index is 1.96. The molecule has 1 unspecified atom stereocenters. The van der Waals surface area contributed by atoms with E-state index in [1.54, 1.807) is 12.1 Å². The molecule has 1 aliphatic heterocycles. The van der Waals surface area contributed by atoms with Gasteiger partial charge < -0.3 is 10.5 Å². The fourth-order valence-corrected chi connectivity index (χ4v) is 1.94. The maximum absolute atomic E-state index is 13.5. The summed E-state index contributed by atoms with van der Waals surface area (Å²) < 4.78 is 18.7. The third-order valence-electron chi connectivity index (χ3n) is 2.86. The normalized spacial score (nSPS) is 19.6. The number of rotatable bonds is 3. The lowest BCUT2D eigenvalue weighted by atomic mass is 10.1. The van der Waals surface area contributed by atoms with Crippen LogP contribution in [0, 0.1) is 5.82 Å². The van der Waals surface area contributed by atoms with Crippen molar-refractivity contribution in [3.63, 3.8) is 0 Å². The predicted molar refractivity (Wildman–Crippen MR) is 60.6 cm³/mol. The van der Waals surface area contributed by atoms with Crippen LogP contribution in [0.15, 0.2) is 24.3 Å². The lowest BCUT2D eigenvalue weighted by Crippen LogP contribution is -2.40. The second-order valence-corrected chi connectivity index (χ2v) is 4.04. The maximum Gasteiger partial charge on any atom is 0.128 e. The zero-order chi connectivity index (χ0) is 11.4. The van der Waals surface area contributed by atoms with Crippen LogP contribution in [0.1, 0.15) is 11.6 Å². The molecule has 0 aliphatic carbocycles. The van der Waals surface area contributed by atoms with Gasteiger partial charge >= 0.3 is 0 Å². The molecule has 1 saturated heterocycles. The Morgan fingerprint density at radius 1 is 1.31 bits per heavy atom. The highest BCUT2D eigenvalue weighted by Gasteiger charge is 2.17. The number of ether oxygens (including phenoxy) is 1. The van der Waals surface area contributed by atoms with E-state index in [-0.39, 0.29) is 11.9 Å². The fourth-order valence-electron chi connectivity index (χ4n) is 1.94. The van der Waals surface area contributed by atoms with Gasteiger partial charge in [0, 0.05) is 31.2 Å². The summed E-state index contributed by atoms with van der Waals surface area (Å²) in [5, 5.41) is 0. The van der Waals surface area contributed by atoms with Crippen molar-refractivity contribution in [2.45, 2.75) is 6.04 Å². The van der Waals surface area contributed by atoms with E-state index in [1.165, 1.54) is 6.07 Å². The summed E-state index contributed by atoms with van der Waals surface area (Å²) in [6.07, 6.45) is 0. The summed E-state index contributed by atoms with van der Waals surface area (Å²) in [6.45, 7) is 3.92. The van der Waals surface area contributed by atoms with Gasteiger partial charge in [0.15, 0.2) is 0 Å². The van der Waals surface area contributed by atoms with E-state index in [0.717, 1.165) is 26.3 Å². The third kappa shape index (κ3) is 2.78. The van der Waals surface area contributed by atoms with E-state index < -0.39 is 0 Å². The van der Waals surface area contributed by atoms with Gasteiger partial charge in [-0.15, -0.1) is 0 Å². The van der Waals surface area contributed by atoms with Crippen LogP contribution in [0.25, 0.3) is 0 Å². The maximum atomic E-state index is 13.5. The molecule has 1 heterocycles. The van der Waals surface area contributed by atoms with Crippen molar-refractivity contribution in [3.8, 4) is 0 Å². The molecule has 1 aromatic rings. The van der Waals surface area contributed by atoms with E-state index in [9.17, 15) is 4.39 Å². The molecule has 16 heavy (non-hydrogen) atoms. The van der Waals surface area contributed by atoms with Gasteiger partial charge in [0.05, 0.1) is 13.2 Å². The standard InChI is InChI=1S/C12H17FN2O/c13-11-4-2-1-3-10(11)12(14)9-15-5-7-16-8-6-15/h1-4,12H,5-9,14H2. The van der Waals surface area contributed by atoms with Gasteiger partial charge in [-0.05, 0) is 6.07 Å². The highest BCUT2D eigenvalue weighted by Crippen LogP contribution is 2.16. The van der Waals surface area contributed by atoms with E-state index in [1.807, 2.05) is 6.07 Å². The van der Waals surface area contributed by atoms with Gasteiger partial charge in [-0.1, -0.05) is 18.2 Å². The van der Waals surface area contributed by atoms with Crippen LogP contribution in [0.3, 0.4) is 0 Å². The molecule has 88 valence electrons. The first kappa shape index (κ1) is 11.5. The zero-order valence-corrected chi connectivity index (χ0v) is 9.23. The number of halogens is 1. The summed E-state index contributed by atoms with van der Waals surface area (Å²) in [4.78, 5) is 2.21. The lowest BCUT2D eigenvalue weighted by Gasteiger charge is -2.29. The van der Waals surface area contributed by atoms with Crippen LogP contribution in [-0.4, -0.2) is 37.7 Å². The minimum atomic E-state index is -0.265. The van der Waals surface area contributed by atoms with Crippen LogP contribution in [0.4, 0.5) is 4.39 Å². The van der Waals surface area contributed by atoms with Crippen LogP contribution < -0.4 is 5.73 Å². The van der Waals surface area contributed by atoms with Crippen molar-refractivity contribution in [3.05, 3.63) is 35.6 Å². The van der Waals surface area contributed by atoms with Gasteiger partial charge in [-0.3, -0.25) is 4.90 Å². The number of nitrogens with two attached hydrogens (primary N) is 1. The van der Waals surface area contributed by atoms with Gasteiger partial charge in [0.2, 0.25) is 0 Å². The molecular formula is C12H17FN2O. The van der Waals surface area contributed by atoms with Crippen molar-refractivity contribution in [2.24, 2.45) is 5.73 Å². The molecule has 0 saturated carbocycles. The van der Waals surface area contributed by atoms with Crippen LogP contribution in [-0.2, 0) is 4.74 Å². The predicted octanol–water partition coefficient (Wildman–Crippen LogP) is 1.16. The molecule has 0 bridgehead atoms. The molecule has 0 spiro atoms. The molecule has 4 heteroatoms. The Labute approximate surface area is 95.0 Å². The van der Waals surface area contributed by atoms with Crippen molar-refractivity contribution >= 4 is 0 Å². The van der Waals surface area contributed by atoms with Gasteiger partial charge in [-0.25, -0.2) is 4.39 Å². The Kier molecular flexibility index (Phi) is 3.88. The number of hydrogen-bond donors (Lipinski definition) is 1. The molecule has 0 amide bonds. The fraction of sp³-hybridized carbons (Fsp3) is 0.500. The Morgan fingerprint density at radius 2 is 2.00 bits per heavy atom. The third-order valence-corrected chi connectivity index (χ3v) is 2.86. The largest absolute Gasteiger partial charge is 0.379 e.